The van der Waals surface area contributed by atoms with Crippen molar-refractivity contribution in [3.05, 3.63) is 59.7 Å². The molecule has 0 saturated carbocycles. The molecular formula is C24H32O6. The van der Waals surface area contributed by atoms with Crippen molar-refractivity contribution in [2.75, 3.05) is 19.8 Å². The molecule has 2 N–H and O–H groups in total. The maximum absolute atomic E-state index is 11.0. The quantitative estimate of drug-likeness (QED) is 0.546. The fourth-order valence-corrected chi connectivity index (χ4v) is 2.96. The molecule has 30 heavy (non-hydrogen) atoms. The summed E-state index contributed by atoms with van der Waals surface area (Å²) in [6.07, 6.45) is -0.476. The summed E-state index contributed by atoms with van der Waals surface area (Å²) in [4.78, 5) is 11.0. The first kappa shape index (κ1) is 23.7. The Hall–Kier alpha value is -2.57. The van der Waals surface area contributed by atoms with Gasteiger partial charge in [0.25, 0.3) is 0 Å². The first-order valence-corrected chi connectivity index (χ1v) is 10.2. The predicted octanol–water partition coefficient (Wildman–Crippen LogP) is 3.47. The van der Waals surface area contributed by atoms with Crippen LogP contribution in [0.5, 0.6) is 11.5 Å². The molecule has 0 saturated heterocycles. The fourth-order valence-electron chi connectivity index (χ4n) is 2.96. The zero-order valence-electron chi connectivity index (χ0n) is 18.1. The van der Waals surface area contributed by atoms with Gasteiger partial charge in [0.1, 0.15) is 24.7 Å². The van der Waals surface area contributed by atoms with Crippen LogP contribution in [0.4, 0.5) is 0 Å². The summed E-state index contributed by atoms with van der Waals surface area (Å²) >= 11 is 0. The summed E-state index contributed by atoms with van der Waals surface area (Å²) in [5.74, 6) is 0.920. The number of hydrogen-bond acceptors (Lipinski definition) is 6. The molecule has 0 fully saturated rings. The molecule has 2 aromatic carbocycles. The fraction of sp³-hybridized carbons (Fsp3) is 0.458. The van der Waals surface area contributed by atoms with Gasteiger partial charge in [0.05, 0.1) is 12.7 Å². The van der Waals surface area contributed by atoms with E-state index in [2.05, 4.69) is 13.8 Å². The van der Waals surface area contributed by atoms with Gasteiger partial charge in [-0.15, -0.1) is 0 Å². The van der Waals surface area contributed by atoms with Crippen LogP contribution < -0.4 is 9.47 Å². The van der Waals surface area contributed by atoms with E-state index < -0.39 is 18.2 Å². The van der Waals surface area contributed by atoms with Gasteiger partial charge in [0.2, 0.25) is 0 Å². The van der Waals surface area contributed by atoms with Gasteiger partial charge in [0.15, 0.2) is 6.10 Å². The Morgan fingerprint density at radius 2 is 1.40 bits per heavy atom. The van der Waals surface area contributed by atoms with Crippen molar-refractivity contribution in [3.8, 4) is 11.5 Å². The highest BCUT2D eigenvalue weighted by Crippen LogP contribution is 2.33. The molecule has 0 bridgehead atoms. The molecule has 0 heterocycles. The molecular weight excluding hydrogens is 384 g/mol. The maximum atomic E-state index is 11.0. The van der Waals surface area contributed by atoms with Crippen LogP contribution in [0.15, 0.2) is 48.5 Å². The van der Waals surface area contributed by atoms with Crippen LogP contribution >= 0.6 is 0 Å². The van der Waals surface area contributed by atoms with E-state index in [1.165, 1.54) is 6.92 Å². The van der Waals surface area contributed by atoms with E-state index in [0.29, 0.717) is 12.2 Å². The average Bonchev–Trinajstić information content (AvgIpc) is 2.75. The Morgan fingerprint density at radius 3 is 1.80 bits per heavy atom. The lowest BCUT2D eigenvalue weighted by atomic mass is 9.78. The van der Waals surface area contributed by atoms with Crippen LogP contribution in [-0.2, 0) is 14.9 Å². The van der Waals surface area contributed by atoms with Crippen molar-refractivity contribution in [2.24, 2.45) is 0 Å². The zero-order valence-corrected chi connectivity index (χ0v) is 18.1. The van der Waals surface area contributed by atoms with Gasteiger partial charge in [-0.2, -0.15) is 0 Å². The lowest BCUT2D eigenvalue weighted by molar-refractivity contribution is -0.150. The Kier molecular flexibility index (Phi) is 8.69. The van der Waals surface area contributed by atoms with Crippen molar-refractivity contribution in [1.82, 2.24) is 0 Å². The number of aliphatic hydroxyl groups is 2. The van der Waals surface area contributed by atoms with Gasteiger partial charge in [0, 0.05) is 12.3 Å². The van der Waals surface area contributed by atoms with Crippen LogP contribution in [0.3, 0.4) is 0 Å². The second-order valence-electron chi connectivity index (χ2n) is 7.77. The summed E-state index contributed by atoms with van der Waals surface area (Å²) in [7, 11) is 0. The van der Waals surface area contributed by atoms with Crippen molar-refractivity contribution in [1.29, 1.82) is 0 Å². The third kappa shape index (κ3) is 6.75. The highest BCUT2D eigenvalue weighted by Gasteiger charge is 2.23. The van der Waals surface area contributed by atoms with Gasteiger partial charge in [-0.05, 0) is 41.8 Å². The van der Waals surface area contributed by atoms with Crippen LogP contribution in [0.25, 0.3) is 0 Å². The third-order valence-corrected chi connectivity index (χ3v) is 5.04. The number of rotatable bonds is 11. The molecule has 0 radical (unpaired) electrons. The second kappa shape index (κ2) is 11.0. The number of ether oxygens (including phenoxy) is 3. The number of carbonyl (C=O) groups excluding carboxylic acids is 1. The molecule has 6 heteroatoms. The van der Waals surface area contributed by atoms with Gasteiger partial charge >= 0.3 is 5.97 Å². The topological polar surface area (TPSA) is 85.2 Å². The highest BCUT2D eigenvalue weighted by atomic mass is 16.6. The van der Waals surface area contributed by atoms with Gasteiger partial charge in [-0.25, -0.2) is 0 Å². The third-order valence-electron chi connectivity index (χ3n) is 5.04. The summed E-state index contributed by atoms with van der Waals surface area (Å²) in [5, 5.41) is 18.9. The Labute approximate surface area is 178 Å². The first-order valence-electron chi connectivity index (χ1n) is 10.2. The maximum Gasteiger partial charge on any atom is 0.303 e. The summed E-state index contributed by atoms with van der Waals surface area (Å²) < 4.78 is 16.2. The SMILES string of the molecule is CC[C@H](O)COc1ccc(C(C)(C)c2ccc(OC[C@@H](CO)OC(C)=O)cc2)cc1. The van der Waals surface area contributed by atoms with Crippen LogP contribution in [0.2, 0.25) is 0 Å². The molecule has 0 amide bonds. The molecule has 0 aliphatic carbocycles. The zero-order chi connectivity index (χ0) is 22.1. The second-order valence-corrected chi connectivity index (χ2v) is 7.77. The van der Waals surface area contributed by atoms with E-state index in [0.717, 1.165) is 16.9 Å². The number of benzene rings is 2. The van der Waals surface area contributed by atoms with E-state index in [1.807, 2.05) is 55.5 Å². The monoisotopic (exact) mass is 416 g/mol. The summed E-state index contributed by atoms with van der Waals surface area (Å²) in [6.45, 7) is 7.59. The summed E-state index contributed by atoms with van der Waals surface area (Å²) in [5.41, 5.74) is 2.02. The summed E-state index contributed by atoms with van der Waals surface area (Å²) in [6, 6.07) is 15.6. The standard InChI is InChI=1S/C24H32O6/c1-5-20(27)15-28-21-10-6-18(7-11-21)24(3,4)19-8-12-22(13-9-19)29-16-23(14-25)30-17(2)26/h6-13,20,23,25,27H,5,14-16H2,1-4H3/t20-,23+/m0/s1. The number of hydrogen-bond donors (Lipinski definition) is 2. The molecule has 2 aromatic rings. The Morgan fingerprint density at radius 1 is 0.933 bits per heavy atom. The van der Waals surface area contributed by atoms with Gasteiger partial charge < -0.3 is 24.4 Å². The van der Waals surface area contributed by atoms with Crippen LogP contribution in [0, 0.1) is 0 Å². The smallest absolute Gasteiger partial charge is 0.303 e. The first-order chi connectivity index (χ1) is 14.3. The largest absolute Gasteiger partial charge is 0.491 e. The molecule has 2 rings (SSSR count). The Bertz CT molecular complexity index is 782. The van der Waals surface area contributed by atoms with E-state index in [4.69, 9.17) is 14.2 Å². The van der Waals surface area contributed by atoms with E-state index in [9.17, 15) is 15.0 Å². The lowest BCUT2D eigenvalue weighted by Gasteiger charge is -2.26. The van der Waals surface area contributed by atoms with Crippen molar-refractivity contribution in [2.45, 2.75) is 51.7 Å². The minimum absolute atomic E-state index is 0.0903. The van der Waals surface area contributed by atoms with Crippen LogP contribution in [0.1, 0.15) is 45.2 Å². The van der Waals surface area contributed by atoms with Crippen molar-refractivity contribution in [3.63, 3.8) is 0 Å². The average molecular weight is 417 g/mol. The molecule has 0 spiro atoms. The van der Waals surface area contributed by atoms with Gasteiger partial charge in [-0.3, -0.25) is 4.79 Å². The van der Waals surface area contributed by atoms with E-state index >= 15 is 0 Å². The molecule has 0 aromatic heterocycles. The van der Waals surface area contributed by atoms with Gasteiger partial charge in [-0.1, -0.05) is 45.0 Å². The van der Waals surface area contributed by atoms with Crippen LogP contribution in [-0.4, -0.2) is 48.2 Å². The minimum atomic E-state index is -0.683. The number of esters is 1. The predicted molar refractivity (Wildman–Crippen MR) is 115 cm³/mol. The number of aliphatic hydroxyl groups excluding tert-OH is 2. The van der Waals surface area contributed by atoms with Crippen molar-refractivity contribution < 1.29 is 29.2 Å². The normalized spacial score (nSPS) is 13.4. The van der Waals surface area contributed by atoms with E-state index in [-0.39, 0.29) is 25.2 Å². The van der Waals surface area contributed by atoms with Crippen molar-refractivity contribution >= 4 is 5.97 Å². The number of carbonyl (C=O) groups is 1. The molecule has 2 atom stereocenters. The lowest BCUT2D eigenvalue weighted by Crippen LogP contribution is -2.27. The van der Waals surface area contributed by atoms with E-state index in [1.54, 1.807) is 0 Å². The molecule has 0 aliphatic heterocycles. The molecule has 0 unspecified atom stereocenters. The molecule has 164 valence electrons. The molecule has 6 nitrogen and oxygen atoms in total. The minimum Gasteiger partial charge on any atom is -0.491 e. The highest BCUT2D eigenvalue weighted by molar-refractivity contribution is 5.66. The Balaban J connectivity index is 2.01. The molecule has 0 aliphatic rings.